The summed E-state index contributed by atoms with van der Waals surface area (Å²) in [4.78, 5) is 28.4. The number of aromatic nitrogens is 3. The van der Waals surface area contributed by atoms with E-state index in [1.165, 1.54) is 6.33 Å². The molecule has 26 heavy (non-hydrogen) atoms. The second kappa shape index (κ2) is 10.3. The predicted octanol–water partition coefficient (Wildman–Crippen LogP) is 1.28. The summed E-state index contributed by atoms with van der Waals surface area (Å²) in [5.74, 6) is 0.424. The zero-order valence-electron chi connectivity index (χ0n) is 14.4. The molecule has 3 rings (SSSR count). The van der Waals surface area contributed by atoms with E-state index in [2.05, 4.69) is 20.7 Å². The summed E-state index contributed by atoms with van der Waals surface area (Å²) in [6, 6.07) is 1.81. The Kier molecular flexibility index (Phi) is 8.77. The minimum Gasteiger partial charge on any atom is -0.427 e. The molecule has 0 radical (unpaired) electrons. The SMILES string of the molecule is Cc1cc(C2CCCNC2)oc(=O)c1C(=O)NCCn1cncn1.Cl.Cl. The lowest BCUT2D eigenvalue weighted by Gasteiger charge is -2.22. The van der Waals surface area contributed by atoms with Crippen LogP contribution < -0.4 is 16.3 Å². The molecular formula is C16H23Cl2N5O3. The quantitative estimate of drug-likeness (QED) is 0.779. The topological polar surface area (TPSA) is 102 Å². The molecule has 0 saturated carbocycles. The Morgan fingerprint density at radius 2 is 2.27 bits per heavy atom. The highest BCUT2D eigenvalue weighted by molar-refractivity contribution is 5.95. The van der Waals surface area contributed by atoms with Crippen LogP contribution in [0.2, 0.25) is 0 Å². The summed E-state index contributed by atoms with van der Waals surface area (Å²) in [5.41, 5.74) is 0.139. The van der Waals surface area contributed by atoms with Gasteiger partial charge in [0.25, 0.3) is 5.91 Å². The molecule has 0 bridgehead atoms. The number of piperidine rings is 1. The highest BCUT2D eigenvalue weighted by Crippen LogP contribution is 2.23. The summed E-state index contributed by atoms with van der Waals surface area (Å²) in [6.07, 6.45) is 5.04. The van der Waals surface area contributed by atoms with Gasteiger partial charge in [0, 0.05) is 19.0 Å². The fourth-order valence-corrected chi connectivity index (χ4v) is 2.92. The molecule has 0 aromatic carbocycles. The Balaban J connectivity index is 0.00000169. The molecule has 10 heteroatoms. The van der Waals surface area contributed by atoms with Crippen LogP contribution in [0.1, 0.15) is 40.4 Å². The molecular weight excluding hydrogens is 381 g/mol. The number of rotatable bonds is 5. The number of aryl methyl sites for hydroxylation is 1. The van der Waals surface area contributed by atoms with Crippen molar-refractivity contribution in [1.82, 2.24) is 25.4 Å². The van der Waals surface area contributed by atoms with Crippen LogP contribution >= 0.6 is 24.8 Å². The molecule has 2 N–H and O–H groups in total. The summed E-state index contributed by atoms with van der Waals surface area (Å²) >= 11 is 0. The van der Waals surface area contributed by atoms with E-state index < -0.39 is 11.5 Å². The van der Waals surface area contributed by atoms with Gasteiger partial charge >= 0.3 is 5.63 Å². The van der Waals surface area contributed by atoms with Crippen molar-refractivity contribution in [3.8, 4) is 0 Å². The van der Waals surface area contributed by atoms with E-state index in [4.69, 9.17) is 4.42 Å². The third-order valence-electron chi connectivity index (χ3n) is 4.19. The van der Waals surface area contributed by atoms with Gasteiger partial charge in [-0.05, 0) is 37.9 Å². The predicted molar refractivity (Wildman–Crippen MR) is 101 cm³/mol. The van der Waals surface area contributed by atoms with Crippen molar-refractivity contribution in [2.24, 2.45) is 0 Å². The van der Waals surface area contributed by atoms with Gasteiger partial charge in [0.05, 0.1) is 6.54 Å². The first-order valence-electron chi connectivity index (χ1n) is 8.11. The monoisotopic (exact) mass is 403 g/mol. The molecule has 1 aliphatic heterocycles. The van der Waals surface area contributed by atoms with Crippen molar-refractivity contribution < 1.29 is 9.21 Å². The van der Waals surface area contributed by atoms with E-state index in [1.54, 1.807) is 17.9 Å². The Bertz CT molecular complexity index is 758. The lowest BCUT2D eigenvalue weighted by molar-refractivity contribution is 0.0946. The molecule has 3 heterocycles. The molecule has 1 saturated heterocycles. The third-order valence-corrected chi connectivity index (χ3v) is 4.19. The van der Waals surface area contributed by atoms with Gasteiger partial charge in [-0.15, -0.1) is 24.8 Å². The molecule has 2 aromatic rings. The lowest BCUT2D eigenvalue weighted by Crippen LogP contribution is -2.33. The van der Waals surface area contributed by atoms with E-state index >= 15 is 0 Å². The third kappa shape index (κ3) is 5.30. The summed E-state index contributed by atoms with van der Waals surface area (Å²) in [5, 5.41) is 9.97. The van der Waals surface area contributed by atoms with Gasteiger partial charge in [-0.25, -0.2) is 9.78 Å². The minimum atomic E-state index is -0.575. The molecule has 144 valence electrons. The van der Waals surface area contributed by atoms with Gasteiger partial charge in [0.1, 0.15) is 24.0 Å². The number of hydrogen-bond acceptors (Lipinski definition) is 6. The van der Waals surface area contributed by atoms with Crippen molar-refractivity contribution in [2.45, 2.75) is 32.2 Å². The highest BCUT2D eigenvalue weighted by atomic mass is 35.5. The minimum absolute atomic E-state index is 0. The fourth-order valence-electron chi connectivity index (χ4n) is 2.92. The average Bonchev–Trinajstić information content (AvgIpc) is 3.08. The van der Waals surface area contributed by atoms with Crippen molar-refractivity contribution in [2.75, 3.05) is 19.6 Å². The molecule has 1 amide bonds. The Labute approximate surface area is 163 Å². The number of hydrogen-bond donors (Lipinski definition) is 2. The van der Waals surface area contributed by atoms with Crippen LogP contribution in [0, 0.1) is 6.92 Å². The summed E-state index contributed by atoms with van der Waals surface area (Å²) in [7, 11) is 0. The van der Waals surface area contributed by atoms with Crippen molar-refractivity contribution >= 4 is 30.7 Å². The molecule has 1 unspecified atom stereocenters. The Morgan fingerprint density at radius 3 is 2.88 bits per heavy atom. The standard InChI is InChI=1S/C16H21N5O3.2ClH/c1-11-7-13(12-3-2-4-17-8-12)24-16(23)14(11)15(22)19-5-6-21-10-18-9-20-21;;/h7,9-10,12,17H,2-6,8H2,1H3,(H,19,22);2*1H. The normalized spacial score (nSPS) is 16.3. The van der Waals surface area contributed by atoms with E-state index in [9.17, 15) is 9.59 Å². The smallest absolute Gasteiger partial charge is 0.349 e. The number of carbonyl (C=O) groups excluding carboxylic acids is 1. The van der Waals surface area contributed by atoms with Crippen molar-refractivity contribution in [3.05, 3.63) is 46.0 Å². The first kappa shape index (κ1) is 22.1. The first-order valence-corrected chi connectivity index (χ1v) is 8.11. The van der Waals surface area contributed by atoms with Gasteiger partial charge in [-0.3, -0.25) is 9.48 Å². The fraction of sp³-hybridized carbons (Fsp3) is 0.500. The molecule has 2 aromatic heterocycles. The van der Waals surface area contributed by atoms with E-state index in [0.29, 0.717) is 24.4 Å². The van der Waals surface area contributed by atoms with Gasteiger partial charge in [-0.2, -0.15) is 5.10 Å². The van der Waals surface area contributed by atoms with Crippen LogP contribution in [0.5, 0.6) is 0 Å². The molecule has 1 atom stereocenters. The number of nitrogens with zero attached hydrogens (tertiary/aromatic N) is 3. The molecule has 1 fully saturated rings. The Morgan fingerprint density at radius 1 is 1.46 bits per heavy atom. The summed E-state index contributed by atoms with van der Waals surface area (Å²) < 4.78 is 7.02. The largest absolute Gasteiger partial charge is 0.427 e. The molecule has 8 nitrogen and oxygen atoms in total. The zero-order chi connectivity index (χ0) is 16.9. The van der Waals surface area contributed by atoms with Crippen LogP contribution in [-0.4, -0.2) is 40.3 Å². The van der Waals surface area contributed by atoms with Gasteiger partial charge in [-0.1, -0.05) is 0 Å². The van der Waals surface area contributed by atoms with E-state index in [0.717, 1.165) is 25.9 Å². The number of amides is 1. The maximum absolute atomic E-state index is 12.3. The number of nitrogens with one attached hydrogen (secondary N) is 2. The van der Waals surface area contributed by atoms with Gasteiger partial charge < -0.3 is 15.1 Å². The Hall–Kier alpha value is -1.90. The van der Waals surface area contributed by atoms with Crippen LogP contribution in [0.4, 0.5) is 0 Å². The number of halogens is 2. The van der Waals surface area contributed by atoms with Gasteiger partial charge in [0.15, 0.2) is 0 Å². The second-order valence-electron chi connectivity index (χ2n) is 5.95. The van der Waals surface area contributed by atoms with E-state index in [1.807, 2.05) is 6.07 Å². The molecule has 0 spiro atoms. The first-order chi connectivity index (χ1) is 11.6. The lowest BCUT2D eigenvalue weighted by atomic mass is 9.95. The maximum Gasteiger partial charge on any atom is 0.349 e. The maximum atomic E-state index is 12.3. The van der Waals surface area contributed by atoms with Crippen molar-refractivity contribution in [3.63, 3.8) is 0 Å². The van der Waals surface area contributed by atoms with Crippen LogP contribution in [0.3, 0.4) is 0 Å². The van der Waals surface area contributed by atoms with Gasteiger partial charge in [0.2, 0.25) is 0 Å². The number of carbonyl (C=O) groups is 1. The van der Waals surface area contributed by atoms with Crippen molar-refractivity contribution in [1.29, 1.82) is 0 Å². The molecule has 1 aliphatic rings. The van der Waals surface area contributed by atoms with Crippen LogP contribution in [-0.2, 0) is 6.54 Å². The second-order valence-corrected chi connectivity index (χ2v) is 5.95. The zero-order valence-corrected chi connectivity index (χ0v) is 16.1. The van der Waals surface area contributed by atoms with Crippen LogP contribution in [0.25, 0.3) is 0 Å². The molecule has 0 aliphatic carbocycles. The highest BCUT2D eigenvalue weighted by Gasteiger charge is 2.22. The average molecular weight is 404 g/mol. The van der Waals surface area contributed by atoms with E-state index in [-0.39, 0.29) is 36.3 Å². The summed E-state index contributed by atoms with van der Waals surface area (Å²) in [6.45, 7) is 4.40. The van der Waals surface area contributed by atoms with Crippen LogP contribution in [0.15, 0.2) is 27.9 Å².